The Kier molecular flexibility index (Phi) is 12.0. The second-order valence-electron chi connectivity index (χ2n) is 10.0. The SMILES string of the molecule is CCCCNC(=O)[C@@H](C)N(Cc1c(Cl)cccc1Cl)C(=O)CN(c1ccc(Cl)c(C(F)(F)F)c1)S(=O)(=O)c1ccc(C)cc1. The summed E-state index contributed by atoms with van der Waals surface area (Å²) < 4.78 is 69.8. The van der Waals surface area contributed by atoms with E-state index in [1.165, 1.54) is 43.3 Å². The number of anilines is 1. The first-order valence-corrected chi connectivity index (χ1v) is 16.1. The monoisotopic (exact) mass is 691 g/mol. The molecule has 7 nitrogen and oxygen atoms in total. The van der Waals surface area contributed by atoms with Crippen LogP contribution in [0.5, 0.6) is 0 Å². The molecule has 1 N–H and O–H groups in total. The normalized spacial score (nSPS) is 12.5. The third kappa shape index (κ3) is 8.59. The Morgan fingerprint density at radius 1 is 0.955 bits per heavy atom. The second-order valence-corrected chi connectivity index (χ2v) is 13.1. The molecule has 0 heterocycles. The fraction of sp³-hybridized carbons (Fsp3) is 0.333. The molecule has 0 fully saturated rings. The average Bonchev–Trinajstić information content (AvgIpc) is 2.95. The van der Waals surface area contributed by atoms with Crippen molar-refractivity contribution < 1.29 is 31.2 Å². The van der Waals surface area contributed by atoms with E-state index in [-0.39, 0.29) is 21.5 Å². The number of alkyl halides is 3. The molecule has 14 heteroatoms. The highest BCUT2D eigenvalue weighted by Gasteiger charge is 2.37. The maximum Gasteiger partial charge on any atom is 0.417 e. The standard InChI is InChI=1S/C30H31Cl3F3N3O4S/c1-4-5-15-37-29(41)20(3)38(17-23-25(31)7-6-8-26(23)32)28(40)18-39(44(42,43)22-12-9-19(2)10-13-22)21-11-14-27(33)24(16-21)30(34,35)36/h6-14,16,20H,4-5,15,17-18H2,1-3H3,(H,37,41)/t20-/m1/s1. The van der Waals surface area contributed by atoms with Gasteiger partial charge in [-0.1, -0.05) is 71.9 Å². The Hall–Kier alpha value is -2.99. The molecule has 0 radical (unpaired) electrons. The van der Waals surface area contributed by atoms with Crippen LogP contribution in [0.25, 0.3) is 0 Å². The minimum absolute atomic E-state index is 0.200. The summed E-state index contributed by atoms with van der Waals surface area (Å²) in [6, 6.07) is 11.7. The van der Waals surface area contributed by atoms with Crippen LogP contribution >= 0.6 is 34.8 Å². The molecular formula is C30H31Cl3F3N3O4S. The first-order chi connectivity index (χ1) is 20.6. The average molecular weight is 693 g/mol. The number of benzene rings is 3. The van der Waals surface area contributed by atoms with Crippen molar-refractivity contribution in [2.45, 2.75) is 57.3 Å². The Morgan fingerprint density at radius 3 is 2.14 bits per heavy atom. The van der Waals surface area contributed by atoms with Gasteiger partial charge >= 0.3 is 6.18 Å². The van der Waals surface area contributed by atoms with Gasteiger partial charge in [-0.15, -0.1) is 0 Å². The van der Waals surface area contributed by atoms with E-state index in [0.29, 0.717) is 28.9 Å². The number of rotatable bonds is 12. The van der Waals surface area contributed by atoms with Crippen LogP contribution in [-0.4, -0.2) is 44.3 Å². The van der Waals surface area contributed by atoms with Crippen LogP contribution in [0.1, 0.15) is 43.4 Å². The molecule has 0 bridgehead atoms. The van der Waals surface area contributed by atoms with Gasteiger partial charge in [0.1, 0.15) is 12.6 Å². The molecule has 0 unspecified atom stereocenters. The smallest absolute Gasteiger partial charge is 0.354 e. The summed E-state index contributed by atoms with van der Waals surface area (Å²) in [5.74, 6) is -1.41. The molecular weight excluding hydrogens is 662 g/mol. The summed E-state index contributed by atoms with van der Waals surface area (Å²) in [4.78, 5) is 27.9. The molecule has 3 aromatic carbocycles. The highest BCUT2D eigenvalue weighted by molar-refractivity contribution is 7.92. The molecule has 44 heavy (non-hydrogen) atoms. The van der Waals surface area contributed by atoms with Gasteiger partial charge in [-0.2, -0.15) is 13.2 Å². The van der Waals surface area contributed by atoms with E-state index in [4.69, 9.17) is 34.8 Å². The van der Waals surface area contributed by atoms with Crippen molar-refractivity contribution >= 4 is 62.3 Å². The van der Waals surface area contributed by atoms with Gasteiger partial charge in [0, 0.05) is 28.7 Å². The number of carbonyl (C=O) groups excluding carboxylic acids is 2. The first-order valence-electron chi connectivity index (χ1n) is 13.5. The number of hydrogen-bond acceptors (Lipinski definition) is 4. The number of carbonyl (C=O) groups is 2. The zero-order valence-electron chi connectivity index (χ0n) is 24.1. The van der Waals surface area contributed by atoms with Gasteiger partial charge < -0.3 is 10.2 Å². The molecule has 0 spiro atoms. The number of nitrogens with zero attached hydrogens (tertiary/aromatic N) is 2. The molecule has 1 atom stereocenters. The van der Waals surface area contributed by atoms with Gasteiger partial charge in [0.05, 0.1) is 21.2 Å². The third-order valence-corrected chi connectivity index (χ3v) is 9.64. The number of nitrogens with one attached hydrogen (secondary N) is 1. The zero-order valence-corrected chi connectivity index (χ0v) is 27.2. The predicted molar refractivity (Wildman–Crippen MR) is 167 cm³/mol. The Bertz CT molecular complexity index is 1580. The lowest BCUT2D eigenvalue weighted by atomic mass is 10.1. The van der Waals surface area contributed by atoms with Crippen LogP contribution in [0, 0.1) is 6.92 Å². The Labute approximate surface area is 269 Å². The summed E-state index contributed by atoms with van der Waals surface area (Å²) in [6.45, 7) is 4.22. The number of unbranched alkanes of at least 4 members (excludes halogenated alkanes) is 1. The minimum atomic E-state index is -4.91. The maximum absolute atomic E-state index is 14.0. The van der Waals surface area contributed by atoms with Gasteiger partial charge in [-0.3, -0.25) is 13.9 Å². The van der Waals surface area contributed by atoms with Gasteiger partial charge in [-0.05, 0) is 62.7 Å². The lowest BCUT2D eigenvalue weighted by Gasteiger charge is -2.32. The summed E-state index contributed by atoms with van der Waals surface area (Å²) >= 11 is 18.5. The molecule has 2 amide bonds. The summed E-state index contributed by atoms with van der Waals surface area (Å²) in [5.41, 5.74) is -0.692. The second kappa shape index (κ2) is 14.9. The van der Waals surface area contributed by atoms with Crippen LogP contribution < -0.4 is 9.62 Å². The fourth-order valence-electron chi connectivity index (χ4n) is 4.22. The largest absolute Gasteiger partial charge is 0.417 e. The quantitative estimate of drug-likeness (QED) is 0.199. The predicted octanol–water partition coefficient (Wildman–Crippen LogP) is 7.50. The summed E-state index contributed by atoms with van der Waals surface area (Å²) in [6.07, 6.45) is -3.42. The molecule has 238 valence electrons. The van der Waals surface area contributed by atoms with E-state index >= 15 is 0 Å². The molecule has 0 aromatic heterocycles. The zero-order chi connectivity index (χ0) is 32.8. The first kappa shape index (κ1) is 35.5. The van der Waals surface area contributed by atoms with Gasteiger partial charge in [0.2, 0.25) is 11.8 Å². The Morgan fingerprint density at radius 2 is 1.57 bits per heavy atom. The van der Waals surface area contributed by atoms with E-state index < -0.39 is 56.9 Å². The van der Waals surface area contributed by atoms with Crippen molar-refractivity contribution in [1.82, 2.24) is 10.2 Å². The van der Waals surface area contributed by atoms with Gasteiger partial charge in [0.15, 0.2) is 0 Å². The molecule has 0 saturated carbocycles. The van der Waals surface area contributed by atoms with Gasteiger partial charge in [-0.25, -0.2) is 8.42 Å². The van der Waals surface area contributed by atoms with Crippen LogP contribution in [0.15, 0.2) is 65.6 Å². The third-order valence-electron chi connectivity index (χ3n) is 6.82. The summed E-state index contributed by atoms with van der Waals surface area (Å²) in [5, 5.41) is 2.49. The van der Waals surface area contributed by atoms with E-state index in [9.17, 15) is 31.2 Å². The topological polar surface area (TPSA) is 86.8 Å². The van der Waals surface area contributed by atoms with E-state index in [1.54, 1.807) is 13.0 Å². The molecule has 0 aliphatic carbocycles. The van der Waals surface area contributed by atoms with E-state index in [2.05, 4.69) is 5.32 Å². The lowest BCUT2D eigenvalue weighted by Crippen LogP contribution is -2.51. The lowest BCUT2D eigenvalue weighted by molar-refractivity contribution is -0.139. The van der Waals surface area contributed by atoms with Crippen LogP contribution in [0.3, 0.4) is 0 Å². The van der Waals surface area contributed by atoms with Gasteiger partial charge in [0.25, 0.3) is 10.0 Å². The molecule has 0 saturated heterocycles. The van der Waals surface area contributed by atoms with E-state index in [0.717, 1.165) is 29.0 Å². The van der Waals surface area contributed by atoms with Crippen LogP contribution in [0.4, 0.5) is 18.9 Å². The number of halogens is 6. The maximum atomic E-state index is 14.0. The van der Waals surface area contributed by atoms with Crippen molar-refractivity contribution in [1.29, 1.82) is 0 Å². The molecule has 3 aromatic rings. The highest BCUT2D eigenvalue weighted by Crippen LogP contribution is 2.38. The number of hydrogen-bond donors (Lipinski definition) is 1. The molecule has 0 aliphatic rings. The minimum Gasteiger partial charge on any atom is -0.354 e. The van der Waals surface area contributed by atoms with Crippen molar-refractivity contribution in [3.8, 4) is 0 Å². The van der Waals surface area contributed by atoms with Crippen molar-refractivity contribution in [2.75, 3.05) is 17.4 Å². The van der Waals surface area contributed by atoms with Crippen molar-refractivity contribution in [2.24, 2.45) is 0 Å². The highest BCUT2D eigenvalue weighted by atomic mass is 35.5. The van der Waals surface area contributed by atoms with E-state index in [1.807, 2.05) is 6.92 Å². The van der Waals surface area contributed by atoms with Crippen LogP contribution in [0.2, 0.25) is 15.1 Å². The van der Waals surface area contributed by atoms with Crippen molar-refractivity contribution in [3.05, 3.63) is 92.4 Å². The van der Waals surface area contributed by atoms with Crippen LogP contribution in [-0.2, 0) is 32.3 Å². The fourth-order valence-corrected chi connectivity index (χ4v) is 6.37. The van der Waals surface area contributed by atoms with Crippen molar-refractivity contribution in [3.63, 3.8) is 0 Å². The number of sulfonamides is 1. The summed E-state index contributed by atoms with van der Waals surface area (Å²) in [7, 11) is -4.60. The number of amides is 2. The molecule has 3 rings (SSSR count). The Balaban J connectivity index is 2.13. The number of aryl methyl sites for hydroxylation is 1. The molecule has 0 aliphatic heterocycles.